The highest BCUT2D eigenvalue weighted by molar-refractivity contribution is 5.70. The van der Waals surface area contributed by atoms with Crippen LogP contribution in [0.1, 0.15) is 139 Å². The van der Waals surface area contributed by atoms with E-state index in [2.05, 4.69) is 96.6 Å². The van der Waals surface area contributed by atoms with Crippen molar-refractivity contribution in [2.75, 3.05) is 28.3 Å². The summed E-state index contributed by atoms with van der Waals surface area (Å²) in [5.41, 5.74) is 3.80. The fourth-order valence-corrected chi connectivity index (χ4v) is 8.10. The van der Waals surface area contributed by atoms with E-state index in [4.69, 9.17) is 9.47 Å². The summed E-state index contributed by atoms with van der Waals surface area (Å²) in [5.74, 6) is -0.392. The van der Waals surface area contributed by atoms with Crippen LogP contribution in [-0.2, 0) is 19.1 Å². The first-order valence-corrected chi connectivity index (χ1v) is 16.4. The Bertz CT molecular complexity index is 844. The van der Waals surface area contributed by atoms with E-state index in [9.17, 15) is 9.59 Å². The van der Waals surface area contributed by atoms with Crippen molar-refractivity contribution in [2.45, 2.75) is 179 Å². The second-order valence-electron chi connectivity index (χ2n) is 15.9. The highest BCUT2D eigenvalue weighted by atomic mass is 16.5. The van der Waals surface area contributed by atoms with Crippen molar-refractivity contribution in [1.29, 1.82) is 0 Å². The van der Waals surface area contributed by atoms with E-state index >= 15 is 0 Å². The first-order valence-electron chi connectivity index (χ1n) is 16.4. The number of esters is 2. The molecule has 2 aliphatic rings. The Balaban J connectivity index is 2.70. The number of hydrogen-bond acceptors (Lipinski definition) is 8. The lowest BCUT2D eigenvalue weighted by atomic mass is 9.74. The number of hydrazine groups is 1. The first-order chi connectivity index (χ1) is 19.3. The van der Waals surface area contributed by atoms with Crippen molar-refractivity contribution < 1.29 is 19.1 Å². The monoisotopic (exact) mass is 595 g/mol. The molecule has 2 saturated heterocycles. The van der Waals surface area contributed by atoms with Crippen LogP contribution in [0.4, 0.5) is 0 Å². The lowest BCUT2D eigenvalue weighted by molar-refractivity contribution is -0.147. The molecule has 0 amide bonds. The maximum Gasteiger partial charge on any atom is 0.305 e. The van der Waals surface area contributed by atoms with Gasteiger partial charge in [0.15, 0.2) is 0 Å². The van der Waals surface area contributed by atoms with Gasteiger partial charge in [-0.1, -0.05) is 26.2 Å². The van der Waals surface area contributed by atoms with E-state index in [0.717, 1.165) is 51.4 Å². The topological polar surface area (TPSA) is 74.3 Å². The Morgan fingerprint density at radius 3 is 1.52 bits per heavy atom. The molecule has 0 aliphatic carbocycles. The number of carbonyl (C=O) groups is 2. The van der Waals surface area contributed by atoms with Crippen molar-refractivity contribution in [3.05, 3.63) is 0 Å². The Morgan fingerprint density at radius 1 is 0.738 bits per heavy atom. The van der Waals surface area contributed by atoms with Crippen molar-refractivity contribution in [2.24, 2.45) is 0 Å². The standard InChI is InChI=1S/C34H66N4O4/c1-14-15-16-19-34(20-17-28(39)41-12,21-18-29(40)42-13)38(27-24-32(6,7)37(11)33(8,9)25-27)35-26-22-30(2,3)36(10)31(4,5)23-26/h26-27,35H,14-25H2,1-13H3. The molecule has 1 N–H and O–H groups in total. The summed E-state index contributed by atoms with van der Waals surface area (Å²) in [6.07, 6.45) is 10.1. The summed E-state index contributed by atoms with van der Waals surface area (Å²) in [5, 5.41) is 2.59. The number of unbranched alkanes of at least 4 members (excludes halogenated alkanes) is 2. The molecule has 0 aromatic rings. The molecule has 0 bridgehead atoms. The number of ether oxygens (including phenoxy) is 2. The lowest BCUT2D eigenvalue weighted by Crippen LogP contribution is -2.71. The van der Waals surface area contributed by atoms with Crippen LogP contribution in [0.3, 0.4) is 0 Å². The molecule has 0 atom stereocenters. The average Bonchev–Trinajstić information content (AvgIpc) is 2.89. The Hall–Kier alpha value is -1.22. The zero-order chi connectivity index (χ0) is 32.1. The number of nitrogens with one attached hydrogen (secondary N) is 1. The smallest absolute Gasteiger partial charge is 0.305 e. The summed E-state index contributed by atoms with van der Waals surface area (Å²) in [6, 6.07) is 0.493. The van der Waals surface area contributed by atoms with Gasteiger partial charge in [-0.15, -0.1) is 0 Å². The summed E-state index contributed by atoms with van der Waals surface area (Å²) >= 11 is 0. The van der Waals surface area contributed by atoms with Crippen LogP contribution in [0.15, 0.2) is 0 Å². The van der Waals surface area contributed by atoms with E-state index in [1.807, 2.05) is 0 Å². The number of hydrogen-bond donors (Lipinski definition) is 1. The molecule has 8 nitrogen and oxygen atoms in total. The summed E-state index contributed by atoms with van der Waals surface area (Å²) in [6.45, 7) is 21.0. The van der Waals surface area contributed by atoms with Crippen LogP contribution in [-0.4, -0.2) is 94.8 Å². The van der Waals surface area contributed by atoms with E-state index in [1.165, 1.54) is 14.2 Å². The molecule has 2 aliphatic heterocycles. The Kier molecular flexibility index (Phi) is 12.5. The molecule has 0 saturated carbocycles. The van der Waals surface area contributed by atoms with Crippen molar-refractivity contribution in [1.82, 2.24) is 20.2 Å². The van der Waals surface area contributed by atoms with E-state index < -0.39 is 5.54 Å². The normalized spacial score (nSPS) is 23.2. The molecule has 0 unspecified atom stereocenters. The van der Waals surface area contributed by atoms with Crippen LogP contribution >= 0.6 is 0 Å². The quantitative estimate of drug-likeness (QED) is 0.142. The summed E-state index contributed by atoms with van der Waals surface area (Å²) in [7, 11) is 7.43. The number of methoxy groups -OCH3 is 2. The second-order valence-corrected chi connectivity index (χ2v) is 15.9. The van der Waals surface area contributed by atoms with Gasteiger partial charge in [0, 0.05) is 52.6 Å². The molecule has 2 rings (SSSR count). The van der Waals surface area contributed by atoms with Gasteiger partial charge >= 0.3 is 11.9 Å². The van der Waals surface area contributed by atoms with E-state index in [-0.39, 0.29) is 46.2 Å². The number of likely N-dealkylation sites (tertiary alicyclic amines) is 2. The van der Waals surface area contributed by atoms with Gasteiger partial charge in [-0.3, -0.25) is 24.8 Å². The third-order valence-electron chi connectivity index (χ3n) is 11.1. The molecule has 8 heteroatoms. The van der Waals surface area contributed by atoms with Gasteiger partial charge in [0.2, 0.25) is 0 Å². The first kappa shape index (κ1) is 37.0. The molecular formula is C34H66N4O4. The van der Waals surface area contributed by atoms with Crippen LogP contribution in [0.2, 0.25) is 0 Å². The molecule has 2 fully saturated rings. The average molecular weight is 595 g/mol. The number of nitrogens with zero attached hydrogens (tertiary/aromatic N) is 3. The third-order valence-corrected chi connectivity index (χ3v) is 11.1. The molecular weight excluding hydrogens is 528 g/mol. The zero-order valence-corrected chi connectivity index (χ0v) is 29.6. The molecule has 246 valence electrons. The maximum absolute atomic E-state index is 12.7. The van der Waals surface area contributed by atoms with E-state index in [0.29, 0.717) is 25.7 Å². The minimum atomic E-state index is -0.401. The lowest BCUT2D eigenvalue weighted by Gasteiger charge is -2.60. The van der Waals surface area contributed by atoms with Crippen molar-refractivity contribution in [3.8, 4) is 0 Å². The minimum absolute atomic E-state index is 0.0163. The van der Waals surface area contributed by atoms with Crippen LogP contribution in [0, 0.1) is 0 Å². The molecule has 0 aromatic heterocycles. The van der Waals surface area contributed by atoms with Crippen LogP contribution in [0.25, 0.3) is 0 Å². The van der Waals surface area contributed by atoms with Gasteiger partial charge < -0.3 is 9.47 Å². The fraction of sp³-hybridized carbons (Fsp3) is 0.941. The fourth-order valence-electron chi connectivity index (χ4n) is 8.10. The van der Waals surface area contributed by atoms with Gasteiger partial charge in [-0.05, 0) is 114 Å². The van der Waals surface area contributed by atoms with E-state index in [1.54, 1.807) is 0 Å². The number of rotatable bonds is 14. The number of piperidine rings is 2. The van der Waals surface area contributed by atoms with Crippen molar-refractivity contribution in [3.63, 3.8) is 0 Å². The van der Waals surface area contributed by atoms with Gasteiger partial charge in [-0.2, -0.15) is 0 Å². The van der Waals surface area contributed by atoms with Crippen LogP contribution < -0.4 is 5.43 Å². The predicted octanol–water partition coefficient (Wildman–Crippen LogP) is 6.32. The van der Waals surface area contributed by atoms with Gasteiger partial charge in [0.05, 0.1) is 14.2 Å². The number of carbonyl (C=O) groups excluding carboxylic acids is 2. The Morgan fingerprint density at radius 2 is 1.14 bits per heavy atom. The predicted molar refractivity (Wildman–Crippen MR) is 172 cm³/mol. The molecule has 42 heavy (non-hydrogen) atoms. The van der Waals surface area contributed by atoms with Crippen LogP contribution in [0.5, 0.6) is 0 Å². The van der Waals surface area contributed by atoms with Gasteiger partial charge in [0.25, 0.3) is 0 Å². The summed E-state index contributed by atoms with van der Waals surface area (Å²) < 4.78 is 10.3. The minimum Gasteiger partial charge on any atom is -0.469 e. The van der Waals surface area contributed by atoms with Gasteiger partial charge in [0.1, 0.15) is 0 Å². The van der Waals surface area contributed by atoms with Crippen molar-refractivity contribution >= 4 is 11.9 Å². The molecule has 0 aromatic carbocycles. The third kappa shape index (κ3) is 8.92. The highest BCUT2D eigenvalue weighted by Crippen LogP contribution is 2.45. The maximum atomic E-state index is 12.7. The molecule has 0 radical (unpaired) electrons. The second kappa shape index (κ2) is 14.3. The molecule has 0 spiro atoms. The molecule has 2 heterocycles. The van der Waals surface area contributed by atoms with Gasteiger partial charge in [-0.25, -0.2) is 5.01 Å². The zero-order valence-electron chi connectivity index (χ0n) is 29.6. The largest absolute Gasteiger partial charge is 0.469 e. The SMILES string of the molecule is CCCCCC(CCC(=O)OC)(CCC(=O)OC)N(NC1CC(C)(C)N(C)C(C)(C)C1)C1CC(C)(C)N(C)C(C)(C)C1. The summed E-state index contributed by atoms with van der Waals surface area (Å²) in [4.78, 5) is 30.4. The highest BCUT2D eigenvalue weighted by Gasteiger charge is 2.51. The Labute approximate surface area is 258 Å².